The number of hydrogen-bond acceptors (Lipinski definition) is 5. The molecule has 1 N–H and O–H groups in total. The first-order valence-electron chi connectivity index (χ1n) is 8.16. The molecule has 6 nitrogen and oxygen atoms in total. The number of carbonyl (C=O) groups excluding carboxylic acids is 2. The largest absolute Gasteiger partial charge is 0.493 e. The SMILES string of the molecule is COc1cc(C)c(COC(=O)Cc2ccc(NC(C)=O)cc2)cc1OC. The molecule has 0 unspecified atom stereocenters. The fourth-order valence-electron chi connectivity index (χ4n) is 2.46. The van der Waals surface area contributed by atoms with Crippen LogP contribution in [0.2, 0.25) is 0 Å². The van der Waals surface area contributed by atoms with Gasteiger partial charge >= 0.3 is 5.97 Å². The average Bonchev–Trinajstić information content (AvgIpc) is 2.61. The zero-order valence-corrected chi connectivity index (χ0v) is 15.4. The first-order valence-corrected chi connectivity index (χ1v) is 8.16. The molecule has 6 heteroatoms. The lowest BCUT2D eigenvalue weighted by atomic mass is 10.1. The van der Waals surface area contributed by atoms with Gasteiger partial charge in [0.2, 0.25) is 5.91 Å². The van der Waals surface area contributed by atoms with Gasteiger partial charge in [-0.3, -0.25) is 9.59 Å². The monoisotopic (exact) mass is 357 g/mol. The van der Waals surface area contributed by atoms with Gasteiger partial charge in [0.25, 0.3) is 0 Å². The number of nitrogens with one attached hydrogen (secondary N) is 1. The van der Waals surface area contributed by atoms with Crippen LogP contribution < -0.4 is 14.8 Å². The number of anilines is 1. The summed E-state index contributed by atoms with van der Waals surface area (Å²) in [6.45, 7) is 3.53. The summed E-state index contributed by atoms with van der Waals surface area (Å²) >= 11 is 0. The van der Waals surface area contributed by atoms with Gasteiger partial charge in [-0.1, -0.05) is 12.1 Å². The molecule has 0 aliphatic rings. The molecule has 0 aliphatic heterocycles. The van der Waals surface area contributed by atoms with E-state index >= 15 is 0 Å². The van der Waals surface area contributed by atoms with Gasteiger partial charge in [-0.05, 0) is 47.9 Å². The third kappa shape index (κ3) is 5.24. The van der Waals surface area contributed by atoms with Crippen molar-refractivity contribution in [2.24, 2.45) is 0 Å². The summed E-state index contributed by atoms with van der Waals surface area (Å²) in [5.74, 6) is 0.769. The summed E-state index contributed by atoms with van der Waals surface area (Å²) in [6.07, 6.45) is 0.159. The number of rotatable bonds is 7. The lowest BCUT2D eigenvalue weighted by molar-refractivity contribution is -0.144. The van der Waals surface area contributed by atoms with E-state index < -0.39 is 0 Å². The molecule has 0 radical (unpaired) electrons. The minimum atomic E-state index is -0.327. The van der Waals surface area contributed by atoms with Crippen LogP contribution in [0.25, 0.3) is 0 Å². The summed E-state index contributed by atoms with van der Waals surface area (Å²) in [5.41, 5.74) is 3.32. The van der Waals surface area contributed by atoms with Gasteiger partial charge < -0.3 is 19.5 Å². The van der Waals surface area contributed by atoms with E-state index in [-0.39, 0.29) is 24.9 Å². The first kappa shape index (κ1) is 19.3. The van der Waals surface area contributed by atoms with E-state index in [4.69, 9.17) is 14.2 Å². The zero-order chi connectivity index (χ0) is 19.1. The Morgan fingerprint density at radius 3 is 2.19 bits per heavy atom. The second kappa shape index (κ2) is 8.89. The van der Waals surface area contributed by atoms with Crippen LogP contribution in [-0.4, -0.2) is 26.1 Å². The summed E-state index contributed by atoms with van der Waals surface area (Å²) in [5, 5.41) is 2.68. The highest BCUT2D eigenvalue weighted by atomic mass is 16.5. The smallest absolute Gasteiger partial charge is 0.310 e. The molecule has 0 bridgehead atoms. The van der Waals surface area contributed by atoms with Crippen LogP contribution >= 0.6 is 0 Å². The lowest BCUT2D eigenvalue weighted by Gasteiger charge is -2.13. The van der Waals surface area contributed by atoms with Crippen molar-refractivity contribution >= 4 is 17.6 Å². The minimum Gasteiger partial charge on any atom is -0.493 e. The maximum absolute atomic E-state index is 12.1. The molecule has 2 aromatic carbocycles. The number of carbonyl (C=O) groups is 2. The number of hydrogen-bond donors (Lipinski definition) is 1. The van der Waals surface area contributed by atoms with E-state index in [2.05, 4.69) is 5.32 Å². The van der Waals surface area contributed by atoms with Crippen molar-refractivity contribution in [1.29, 1.82) is 0 Å². The molecule has 138 valence electrons. The van der Waals surface area contributed by atoms with Gasteiger partial charge in [-0.15, -0.1) is 0 Å². The molecule has 0 atom stereocenters. The molecule has 0 fully saturated rings. The molecule has 0 spiro atoms. The molecule has 2 rings (SSSR count). The number of amides is 1. The summed E-state index contributed by atoms with van der Waals surface area (Å²) in [4.78, 5) is 23.1. The third-order valence-corrected chi connectivity index (χ3v) is 3.85. The molecule has 2 aromatic rings. The zero-order valence-electron chi connectivity index (χ0n) is 15.4. The molecule has 0 saturated carbocycles. The van der Waals surface area contributed by atoms with E-state index in [1.165, 1.54) is 6.92 Å². The summed E-state index contributed by atoms with van der Waals surface area (Å²) in [6, 6.07) is 10.7. The Balaban J connectivity index is 1.95. The molecule has 1 amide bonds. The van der Waals surface area contributed by atoms with Crippen LogP contribution in [0.4, 0.5) is 5.69 Å². The number of aryl methyl sites for hydroxylation is 1. The maximum atomic E-state index is 12.1. The topological polar surface area (TPSA) is 73.9 Å². The lowest BCUT2D eigenvalue weighted by Crippen LogP contribution is -2.09. The van der Waals surface area contributed by atoms with Crippen LogP contribution in [0, 0.1) is 6.92 Å². The molecular formula is C20H23NO5. The summed E-state index contributed by atoms with van der Waals surface area (Å²) < 4.78 is 15.9. The van der Waals surface area contributed by atoms with E-state index in [0.29, 0.717) is 17.2 Å². The Labute approximate surface area is 153 Å². The number of ether oxygens (including phenoxy) is 3. The van der Waals surface area contributed by atoms with E-state index in [9.17, 15) is 9.59 Å². The fraction of sp³-hybridized carbons (Fsp3) is 0.300. The minimum absolute atomic E-state index is 0.137. The molecular weight excluding hydrogens is 334 g/mol. The summed E-state index contributed by atoms with van der Waals surface area (Å²) in [7, 11) is 3.14. The van der Waals surface area contributed by atoms with Gasteiger partial charge in [-0.25, -0.2) is 0 Å². The van der Waals surface area contributed by atoms with Gasteiger partial charge in [0, 0.05) is 12.6 Å². The first-order chi connectivity index (χ1) is 12.4. The van der Waals surface area contributed by atoms with Crippen LogP contribution in [0.3, 0.4) is 0 Å². The Morgan fingerprint density at radius 1 is 1.00 bits per heavy atom. The predicted molar refractivity (Wildman–Crippen MR) is 98.5 cm³/mol. The number of esters is 1. The average molecular weight is 357 g/mol. The highest BCUT2D eigenvalue weighted by molar-refractivity contribution is 5.88. The van der Waals surface area contributed by atoms with Crippen LogP contribution in [-0.2, 0) is 27.4 Å². The van der Waals surface area contributed by atoms with Crippen molar-refractivity contribution in [3.05, 3.63) is 53.1 Å². The number of benzene rings is 2. The maximum Gasteiger partial charge on any atom is 0.310 e. The molecule has 0 aromatic heterocycles. The predicted octanol–water partition coefficient (Wildman–Crippen LogP) is 3.26. The molecule has 26 heavy (non-hydrogen) atoms. The highest BCUT2D eigenvalue weighted by Crippen LogP contribution is 2.30. The van der Waals surface area contributed by atoms with Crippen molar-refractivity contribution in [2.45, 2.75) is 26.9 Å². The van der Waals surface area contributed by atoms with Crippen molar-refractivity contribution in [3.63, 3.8) is 0 Å². The second-order valence-electron chi connectivity index (χ2n) is 5.85. The quantitative estimate of drug-likeness (QED) is 0.770. The van der Waals surface area contributed by atoms with Crippen molar-refractivity contribution in [2.75, 3.05) is 19.5 Å². The molecule has 0 heterocycles. The Kier molecular flexibility index (Phi) is 6.60. The molecule has 0 aliphatic carbocycles. The standard InChI is InChI=1S/C20H23NO5/c1-13-9-18(24-3)19(25-4)11-16(13)12-26-20(23)10-15-5-7-17(8-6-15)21-14(2)22/h5-9,11H,10,12H2,1-4H3,(H,21,22). The molecule has 0 saturated heterocycles. The fourth-order valence-corrected chi connectivity index (χ4v) is 2.46. The van der Waals surface area contributed by atoms with Crippen LogP contribution in [0.15, 0.2) is 36.4 Å². The Morgan fingerprint density at radius 2 is 1.62 bits per heavy atom. The van der Waals surface area contributed by atoms with E-state index in [1.807, 2.05) is 19.1 Å². The van der Waals surface area contributed by atoms with Crippen LogP contribution in [0.5, 0.6) is 11.5 Å². The van der Waals surface area contributed by atoms with Gasteiger partial charge in [0.15, 0.2) is 11.5 Å². The highest BCUT2D eigenvalue weighted by Gasteiger charge is 2.11. The number of methoxy groups -OCH3 is 2. The van der Waals surface area contributed by atoms with Crippen molar-refractivity contribution < 1.29 is 23.8 Å². The van der Waals surface area contributed by atoms with Gasteiger partial charge in [0.05, 0.1) is 20.6 Å². The third-order valence-electron chi connectivity index (χ3n) is 3.85. The van der Waals surface area contributed by atoms with E-state index in [1.54, 1.807) is 38.5 Å². The van der Waals surface area contributed by atoms with Gasteiger partial charge in [-0.2, -0.15) is 0 Å². The van der Waals surface area contributed by atoms with Crippen molar-refractivity contribution in [1.82, 2.24) is 0 Å². The second-order valence-corrected chi connectivity index (χ2v) is 5.85. The Hall–Kier alpha value is -3.02. The van der Waals surface area contributed by atoms with Gasteiger partial charge in [0.1, 0.15) is 6.61 Å². The van der Waals surface area contributed by atoms with Crippen molar-refractivity contribution in [3.8, 4) is 11.5 Å². The normalized spacial score (nSPS) is 10.2. The van der Waals surface area contributed by atoms with Crippen LogP contribution in [0.1, 0.15) is 23.6 Å². The Bertz CT molecular complexity index is 784. The van der Waals surface area contributed by atoms with E-state index in [0.717, 1.165) is 16.7 Å².